The molecule has 104 valence electrons. The molecule has 5 heteroatoms. The second kappa shape index (κ2) is 5.29. The van der Waals surface area contributed by atoms with Gasteiger partial charge in [-0.1, -0.05) is 37.6 Å². The standard InChI is InChI=1S/C15H17ClN4/c1-11(2)8-20-14(17-10-18-20)9-19-7-6-12-4-3-5-13(16)15(12)19/h3-7,10-11H,8-9H2,1-2H3. The zero-order valence-electron chi connectivity index (χ0n) is 11.6. The number of aromatic nitrogens is 4. The molecule has 0 spiro atoms. The van der Waals surface area contributed by atoms with Crippen molar-refractivity contribution >= 4 is 22.5 Å². The molecule has 0 unspecified atom stereocenters. The van der Waals surface area contributed by atoms with Crippen LogP contribution in [-0.4, -0.2) is 19.3 Å². The first kappa shape index (κ1) is 13.2. The average molecular weight is 289 g/mol. The third-order valence-electron chi connectivity index (χ3n) is 3.28. The van der Waals surface area contributed by atoms with Gasteiger partial charge >= 0.3 is 0 Å². The van der Waals surface area contributed by atoms with E-state index < -0.39 is 0 Å². The number of rotatable bonds is 4. The van der Waals surface area contributed by atoms with Gasteiger partial charge in [0, 0.05) is 18.1 Å². The Morgan fingerprint density at radius 3 is 2.90 bits per heavy atom. The smallest absolute Gasteiger partial charge is 0.146 e. The van der Waals surface area contributed by atoms with Crippen molar-refractivity contribution in [2.75, 3.05) is 0 Å². The maximum atomic E-state index is 6.30. The van der Waals surface area contributed by atoms with Crippen molar-refractivity contribution in [3.05, 3.63) is 47.6 Å². The van der Waals surface area contributed by atoms with E-state index in [1.165, 1.54) is 0 Å². The number of hydrogen-bond donors (Lipinski definition) is 0. The fourth-order valence-electron chi connectivity index (χ4n) is 2.41. The van der Waals surface area contributed by atoms with E-state index in [1.54, 1.807) is 6.33 Å². The van der Waals surface area contributed by atoms with Crippen molar-refractivity contribution in [3.8, 4) is 0 Å². The quantitative estimate of drug-likeness (QED) is 0.735. The molecule has 0 amide bonds. The molecule has 20 heavy (non-hydrogen) atoms. The Bertz CT molecular complexity index is 726. The first-order chi connectivity index (χ1) is 9.65. The van der Waals surface area contributed by atoms with E-state index in [1.807, 2.05) is 23.0 Å². The van der Waals surface area contributed by atoms with Crippen LogP contribution in [0.25, 0.3) is 10.9 Å². The normalized spacial score (nSPS) is 11.6. The SMILES string of the molecule is CC(C)Cn1ncnc1Cn1ccc2cccc(Cl)c21. The van der Waals surface area contributed by atoms with Crippen molar-refractivity contribution < 1.29 is 0 Å². The molecule has 0 radical (unpaired) electrons. The van der Waals surface area contributed by atoms with E-state index >= 15 is 0 Å². The molecule has 0 aliphatic carbocycles. The predicted molar refractivity (Wildman–Crippen MR) is 80.9 cm³/mol. The van der Waals surface area contributed by atoms with E-state index in [0.717, 1.165) is 28.3 Å². The van der Waals surface area contributed by atoms with E-state index in [4.69, 9.17) is 11.6 Å². The van der Waals surface area contributed by atoms with Gasteiger partial charge in [0.15, 0.2) is 0 Å². The number of fused-ring (bicyclic) bond motifs is 1. The molecular formula is C15H17ClN4. The summed E-state index contributed by atoms with van der Waals surface area (Å²) in [6.45, 7) is 5.91. The van der Waals surface area contributed by atoms with E-state index in [-0.39, 0.29) is 0 Å². The summed E-state index contributed by atoms with van der Waals surface area (Å²) in [5, 5.41) is 6.21. The van der Waals surface area contributed by atoms with Crippen LogP contribution in [0.15, 0.2) is 36.8 Å². The summed E-state index contributed by atoms with van der Waals surface area (Å²) in [5.74, 6) is 1.50. The molecule has 0 saturated heterocycles. The fourth-order valence-corrected chi connectivity index (χ4v) is 2.70. The molecule has 0 aliphatic heterocycles. The van der Waals surface area contributed by atoms with Gasteiger partial charge in [0.2, 0.25) is 0 Å². The van der Waals surface area contributed by atoms with Gasteiger partial charge in [-0.3, -0.25) is 0 Å². The van der Waals surface area contributed by atoms with Crippen LogP contribution in [-0.2, 0) is 13.1 Å². The largest absolute Gasteiger partial charge is 0.339 e. The Morgan fingerprint density at radius 2 is 2.10 bits per heavy atom. The highest BCUT2D eigenvalue weighted by Crippen LogP contribution is 2.24. The second-order valence-electron chi connectivity index (χ2n) is 5.37. The highest BCUT2D eigenvalue weighted by atomic mass is 35.5. The van der Waals surface area contributed by atoms with Crippen LogP contribution in [0.4, 0.5) is 0 Å². The number of halogens is 1. The third-order valence-corrected chi connectivity index (χ3v) is 3.59. The van der Waals surface area contributed by atoms with Crippen LogP contribution in [0.3, 0.4) is 0 Å². The molecule has 0 aliphatic rings. The first-order valence-electron chi connectivity index (χ1n) is 6.75. The van der Waals surface area contributed by atoms with E-state index in [9.17, 15) is 0 Å². The minimum absolute atomic E-state index is 0.542. The van der Waals surface area contributed by atoms with Crippen molar-refractivity contribution in [1.82, 2.24) is 19.3 Å². The van der Waals surface area contributed by atoms with Crippen molar-refractivity contribution in [1.29, 1.82) is 0 Å². The predicted octanol–water partition coefficient (Wildman–Crippen LogP) is 3.59. The zero-order chi connectivity index (χ0) is 14.1. The Labute approximate surface area is 123 Å². The summed E-state index contributed by atoms with van der Waals surface area (Å²) in [7, 11) is 0. The van der Waals surface area contributed by atoms with Gasteiger partial charge < -0.3 is 4.57 Å². The zero-order valence-corrected chi connectivity index (χ0v) is 12.4. The summed E-state index contributed by atoms with van der Waals surface area (Å²) >= 11 is 6.30. The maximum absolute atomic E-state index is 6.30. The van der Waals surface area contributed by atoms with Crippen molar-refractivity contribution in [2.24, 2.45) is 5.92 Å². The number of para-hydroxylation sites is 1. The summed E-state index contributed by atoms with van der Waals surface area (Å²) in [4.78, 5) is 4.37. The van der Waals surface area contributed by atoms with Gasteiger partial charge in [-0.2, -0.15) is 5.10 Å². The monoisotopic (exact) mass is 288 g/mol. The molecule has 0 atom stereocenters. The second-order valence-corrected chi connectivity index (χ2v) is 5.78. The lowest BCUT2D eigenvalue weighted by Gasteiger charge is -2.10. The highest BCUT2D eigenvalue weighted by molar-refractivity contribution is 6.35. The van der Waals surface area contributed by atoms with Crippen LogP contribution in [0, 0.1) is 5.92 Å². The van der Waals surface area contributed by atoms with Crippen LogP contribution in [0.5, 0.6) is 0 Å². The lowest BCUT2D eigenvalue weighted by Crippen LogP contribution is -2.13. The fraction of sp³-hybridized carbons (Fsp3) is 0.333. The van der Waals surface area contributed by atoms with E-state index in [2.05, 4.69) is 40.6 Å². The highest BCUT2D eigenvalue weighted by Gasteiger charge is 2.10. The van der Waals surface area contributed by atoms with Gasteiger partial charge in [-0.15, -0.1) is 0 Å². The molecule has 4 nitrogen and oxygen atoms in total. The van der Waals surface area contributed by atoms with Crippen molar-refractivity contribution in [3.63, 3.8) is 0 Å². The Kier molecular flexibility index (Phi) is 3.49. The molecule has 1 aromatic carbocycles. The summed E-state index contributed by atoms with van der Waals surface area (Å²) in [6.07, 6.45) is 3.66. The molecule has 2 aromatic heterocycles. The number of nitrogens with zero attached hydrogens (tertiary/aromatic N) is 4. The lowest BCUT2D eigenvalue weighted by atomic mass is 10.2. The number of benzene rings is 1. The van der Waals surface area contributed by atoms with Crippen LogP contribution >= 0.6 is 11.6 Å². The van der Waals surface area contributed by atoms with Gasteiger partial charge in [0.1, 0.15) is 12.2 Å². The maximum Gasteiger partial charge on any atom is 0.146 e. The Balaban J connectivity index is 1.96. The van der Waals surface area contributed by atoms with Crippen LogP contribution < -0.4 is 0 Å². The lowest BCUT2D eigenvalue weighted by molar-refractivity contribution is 0.462. The minimum atomic E-state index is 0.542. The summed E-state index contributed by atoms with van der Waals surface area (Å²) < 4.78 is 4.09. The molecule has 3 rings (SSSR count). The van der Waals surface area contributed by atoms with Crippen molar-refractivity contribution in [2.45, 2.75) is 26.9 Å². The topological polar surface area (TPSA) is 35.6 Å². The Morgan fingerprint density at radius 1 is 1.25 bits per heavy atom. The van der Waals surface area contributed by atoms with Gasteiger partial charge in [-0.25, -0.2) is 9.67 Å². The summed E-state index contributed by atoms with van der Waals surface area (Å²) in [5.41, 5.74) is 1.05. The Hall–Kier alpha value is -1.81. The molecule has 0 N–H and O–H groups in total. The molecule has 0 fully saturated rings. The molecule has 0 bridgehead atoms. The minimum Gasteiger partial charge on any atom is -0.339 e. The molecule has 2 heterocycles. The summed E-state index contributed by atoms with van der Waals surface area (Å²) in [6, 6.07) is 8.02. The van der Waals surface area contributed by atoms with Crippen LogP contribution in [0.1, 0.15) is 19.7 Å². The van der Waals surface area contributed by atoms with Gasteiger partial charge in [-0.05, 0) is 18.1 Å². The van der Waals surface area contributed by atoms with Crippen LogP contribution in [0.2, 0.25) is 5.02 Å². The van der Waals surface area contributed by atoms with Gasteiger partial charge in [0.05, 0.1) is 17.1 Å². The van der Waals surface area contributed by atoms with E-state index in [0.29, 0.717) is 12.5 Å². The third kappa shape index (κ3) is 2.43. The molecular weight excluding hydrogens is 272 g/mol. The molecule has 3 aromatic rings. The molecule has 0 saturated carbocycles. The first-order valence-corrected chi connectivity index (χ1v) is 7.13. The van der Waals surface area contributed by atoms with Gasteiger partial charge in [0.25, 0.3) is 0 Å². The average Bonchev–Trinajstić information content (AvgIpc) is 2.98. The number of hydrogen-bond acceptors (Lipinski definition) is 2.